The molecule has 4 N–H and O–H groups in total. The average molecular weight is 210 g/mol. The molecule has 0 saturated heterocycles. The van der Waals surface area contributed by atoms with Gasteiger partial charge in [0.05, 0.1) is 0 Å². The third kappa shape index (κ3) is 3.03. The molecule has 0 aliphatic carbocycles. The highest BCUT2D eigenvalue weighted by atomic mass is 16.4. The number of rotatable bonds is 4. The van der Waals surface area contributed by atoms with Gasteiger partial charge in [-0.2, -0.15) is 0 Å². The summed E-state index contributed by atoms with van der Waals surface area (Å²) in [6, 6.07) is 1.81. The lowest BCUT2D eigenvalue weighted by Crippen LogP contribution is -2.32. The Morgan fingerprint density at radius 1 is 1.40 bits per heavy atom. The minimum absolute atomic E-state index is 0.0809. The van der Waals surface area contributed by atoms with Crippen molar-refractivity contribution in [1.82, 2.24) is 4.98 Å². The first-order valence-electron chi connectivity index (χ1n) is 4.17. The zero-order valence-corrected chi connectivity index (χ0v) is 7.75. The molecule has 0 bridgehead atoms. The van der Waals surface area contributed by atoms with Gasteiger partial charge in [0.1, 0.15) is 11.7 Å². The van der Waals surface area contributed by atoms with E-state index in [2.05, 4.69) is 4.98 Å². The van der Waals surface area contributed by atoms with E-state index in [1.165, 1.54) is 18.3 Å². The van der Waals surface area contributed by atoms with E-state index in [1.54, 1.807) is 0 Å². The first-order chi connectivity index (χ1) is 7.00. The molecule has 1 aromatic rings. The quantitative estimate of drug-likeness (QED) is 0.630. The van der Waals surface area contributed by atoms with Crippen LogP contribution >= 0.6 is 0 Å². The molecule has 0 aliphatic heterocycles. The summed E-state index contributed by atoms with van der Waals surface area (Å²) < 4.78 is 0. The van der Waals surface area contributed by atoms with E-state index in [0.29, 0.717) is 5.56 Å². The Balaban J connectivity index is 2.72. The Morgan fingerprint density at radius 3 is 2.47 bits per heavy atom. The number of aliphatic carboxylic acids is 1. The molecule has 0 amide bonds. The van der Waals surface area contributed by atoms with Gasteiger partial charge in [-0.15, -0.1) is 0 Å². The Bertz CT molecular complexity index is 374. The van der Waals surface area contributed by atoms with Crippen LogP contribution in [0.2, 0.25) is 0 Å². The largest absolute Gasteiger partial charge is 0.480 e. The van der Waals surface area contributed by atoms with Gasteiger partial charge in [0.15, 0.2) is 0 Å². The van der Waals surface area contributed by atoms with Crippen LogP contribution < -0.4 is 5.73 Å². The third-order valence-electron chi connectivity index (χ3n) is 1.82. The fourth-order valence-corrected chi connectivity index (χ4v) is 1.01. The Kier molecular flexibility index (Phi) is 3.35. The Hall–Kier alpha value is -1.95. The lowest BCUT2D eigenvalue weighted by atomic mass is 10.1. The molecule has 0 radical (unpaired) electrons. The molecule has 6 heteroatoms. The Labute approximate surface area is 85.4 Å². The van der Waals surface area contributed by atoms with Crippen LogP contribution in [0.5, 0.6) is 0 Å². The topological polar surface area (TPSA) is 114 Å². The van der Waals surface area contributed by atoms with Gasteiger partial charge >= 0.3 is 11.9 Å². The second-order valence-corrected chi connectivity index (χ2v) is 3.01. The van der Waals surface area contributed by atoms with Crippen LogP contribution in [0.3, 0.4) is 0 Å². The van der Waals surface area contributed by atoms with Crippen LogP contribution in [0.1, 0.15) is 16.1 Å². The number of aromatic carboxylic acids is 1. The van der Waals surface area contributed by atoms with Gasteiger partial charge in [-0.05, 0) is 18.1 Å². The van der Waals surface area contributed by atoms with Crippen LogP contribution in [0.4, 0.5) is 0 Å². The van der Waals surface area contributed by atoms with Gasteiger partial charge in [-0.1, -0.05) is 6.07 Å². The number of carboxylic acids is 2. The van der Waals surface area contributed by atoms with Crippen molar-refractivity contribution in [2.45, 2.75) is 12.5 Å². The second kappa shape index (κ2) is 4.52. The fraction of sp³-hybridized carbons (Fsp3) is 0.222. The molecular formula is C9H10N2O4. The van der Waals surface area contributed by atoms with Gasteiger partial charge in [0.25, 0.3) is 0 Å². The van der Waals surface area contributed by atoms with E-state index in [1.807, 2.05) is 0 Å². The summed E-state index contributed by atoms with van der Waals surface area (Å²) in [7, 11) is 0. The number of carboxylic acid groups (broad SMARTS) is 2. The van der Waals surface area contributed by atoms with Crippen molar-refractivity contribution in [3.05, 3.63) is 29.6 Å². The maximum atomic E-state index is 10.5. The van der Waals surface area contributed by atoms with Crippen LogP contribution in [0, 0.1) is 0 Å². The van der Waals surface area contributed by atoms with E-state index in [0.717, 1.165) is 0 Å². The first-order valence-corrected chi connectivity index (χ1v) is 4.17. The van der Waals surface area contributed by atoms with E-state index in [9.17, 15) is 9.59 Å². The highest BCUT2D eigenvalue weighted by molar-refractivity contribution is 5.85. The van der Waals surface area contributed by atoms with Gasteiger partial charge in [0, 0.05) is 6.20 Å². The molecule has 0 aromatic carbocycles. The molecular weight excluding hydrogens is 200 g/mol. The molecule has 0 saturated carbocycles. The van der Waals surface area contributed by atoms with Gasteiger partial charge in [-0.25, -0.2) is 9.78 Å². The highest BCUT2D eigenvalue weighted by Crippen LogP contribution is 2.03. The normalized spacial score (nSPS) is 12.1. The minimum atomic E-state index is -1.12. The van der Waals surface area contributed by atoms with Crippen molar-refractivity contribution in [2.24, 2.45) is 5.73 Å². The second-order valence-electron chi connectivity index (χ2n) is 3.01. The lowest BCUT2D eigenvalue weighted by molar-refractivity contribution is -0.138. The van der Waals surface area contributed by atoms with E-state index >= 15 is 0 Å². The zero-order valence-electron chi connectivity index (χ0n) is 7.75. The van der Waals surface area contributed by atoms with Gasteiger partial charge in [0.2, 0.25) is 0 Å². The number of hydrogen-bond acceptors (Lipinski definition) is 4. The van der Waals surface area contributed by atoms with E-state index < -0.39 is 18.0 Å². The average Bonchev–Trinajstić information content (AvgIpc) is 2.18. The third-order valence-corrected chi connectivity index (χ3v) is 1.82. The smallest absolute Gasteiger partial charge is 0.354 e. The summed E-state index contributed by atoms with van der Waals surface area (Å²) in [5.41, 5.74) is 5.81. The standard InChI is InChI=1S/C9H10N2O4/c10-6(8(12)13)3-5-1-2-7(9(14)15)11-4-5/h1-2,4,6H,3,10H2,(H,12,13)(H,14,15). The monoisotopic (exact) mass is 210 g/mol. The molecule has 1 atom stereocenters. The van der Waals surface area contributed by atoms with Gasteiger partial charge in [-0.3, -0.25) is 4.79 Å². The molecule has 0 fully saturated rings. The first kappa shape index (κ1) is 11.1. The van der Waals surface area contributed by atoms with Crippen LogP contribution in [0.25, 0.3) is 0 Å². The number of nitrogens with two attached hydrogens (primary N) is 1. The molecule has 1 rings (SSSR count). The predicted octanol–water partition coefficient (Wildman–Crippen LogP) is -0.266. The van der Waals surface area contributed by atoms with Crippen LogP contribution in [0.15, 0.2) is 18.3 Å². The lowest BCUT2D eigenvalue weighted by Gasteiger charge is -2.05. The van der Waals surface area contributed by atoms with Crippen molar-refractivity contribution in [1.29, 1.82) is 0 Å². The number of aromatic nitrogens is 1. The minimum Gasteiger partial charge on any atom is -0.480 e. The molecule has 1 unspecified atom stereocenters. The van der Waals surface area contributed by atoms with E-state index in [-0.39, 0.29) is 12.1 Å². The van der Waals surface area contributed by atoms with Crippen LogP contribution in [-0.2, 0) is 11.2 Å². The summed E-state index contributed by atoms with van der Waals surface area (Å²) in [5, 5.41) is 17.1. The molecule has 1 aromatic heterocycles. The summed E-state index contributed by atoms with van der Waals surface area (Å²) in [5.74, 6) is -2.22. The Morgan fingerprint density at radius 2 is 2.07 bits per heavy atom. The van der Waals surface area contributed by atoms with Gasteiger partial charge < -0.3 is 15.9 Å². The zero-order chi connectivity index (χ0) is 11.4. The predicted molar refractivity (Wildman–Crippen MR) is 50.5 cm³/mol. The summed E-state index contributed by atoms with van der Waals surface area (Å²) in [6.07, 6.45) is 1.44. The molecule has 15 heavy (non-hydrogen) atoms. The number of nitrogens with zero attached hydrogens (tertiary/aromatic N) is 1. The molecule has 0 spiro atoms. The fourth-order valence-electron chi connectivity index (χ4n) is 1.01. The highest BCUT2D eigenvalue weighted by Gasteiger charge is 2.12. The maximum Gasteiger partial charge on any atom is 0.354 e. The van der Waals surface area contributed by atoms with Crippen molar-refractivity contribution >= 4 is 11.9 Å². The molecule has 0 aliphatic rings. The van der Waals surface area contributed by atoms with E-state index in [4.69, 9.17) is 15.9 Å². The summed E-state index contributed by atoms with van der Waals surface area (Å²) in [4.78, 5) is 24.5. The number of pyridine rings is 1. The van der Waals surface area contributed by atoms with Crippen molar-refractivity contribution < 1.29 is 19.8 Å². The number of hydrogen-bond donors (Lipinski definition) is 3. The van der Waals surface area contributed by atoms with Crippen molar-refractivity contribution in [3.8, 4) is 0 Å². The SMILES string of the molecule is NC(Cc1ccc(C(=O)O)nc1)C(=O)O. The molecule has 6 nitrogen and oxygen atoms in total. The molecule has 1 heterocycles. The van der Waals surface area contributed by atoms with Crippen LogP contribution in [-0.4, -0.2) is 33.2 Å². The van der Waals surface area contributed by atoms with Crippen molar-refractivity contribution in [2.75, 3.05) is 0 Å². The summed E-state index contributed by atoms with van der Waals surface area (Å²) in [6.45, 7) is 0. The summed E-state index contributed by atoms with van der Waals surface area (Å²) >= 11 is 0. The van der Waals surface area contributed by atoms with Crippen molar-refractivity contribution in [3.63, 3.8) is 0 Å². The number of carbonyl (C=O) groups is 2. The maximum absolute atomic E-state index is 10.5. The molecule has 80 valence electrons.